The van der Waals surface area contributed by atoms with Crippen molar-refractivity contribution in [2.75, 3.05) is 10.6 Å². The first-order valence-electron chi connectivity index (χ1n) is 9.02. The van der Waals surface area contributed by atoms with E-state index in [0.29, 0.717) is 23.5 Å². The first-order valence-corrected chi connectivity index (χ1v) is 9.02. The molecule has 3 aromatic rings. The number of anilines is 2. The van der Waals surface area contributed by atoms with Crippen LogP contribution in [0.3, 0.4) is 0 Å². The zero-order chi connectivity index (χ0) is 19.9. The summed E-state index contributed by atoms with van der Waals surface area (Å²) >= 11 is 0. The molecule has 144 valence electrons. The topological polar surface area (TPSA) is 88.1 Å². The quantitative estimate of drug-likeness (QED) is 0.613. The van der Waals surface area contributed by atoms with Crippen molar-refractivity contribution in [3.8, 4) is 0 Å². The number of urea groups is 1. The number of aromatic nitrogens is 2. The number of carbonyl (C=O) groups excluding carboxylic acids is 2. The number of nitrogens with one attached hydrogen (secondary N) is 3. The summed E-state index contributed by atoms with van der Waals surface area (Å²) in [7, 11) is 0. The number of carbonyl (C=O) groups is 2. The maximum atomic E-state index is 12.4. The molecule has 0 aliphatic heterocycles. The van der Waals surface area contributed by atoms with Crippen LogP contribution in [0.25, 0.3) is 0 Å². The molecule has 0 unspecified atom stereocenters. The Morgan fingerprint density at radius 1 is 1.04 bits per heavy atom. The second kappa shape index (κ2) is 8.85. The Labute approximate surface area is 163 Å². The molecule has 0 spiro atoms. The molecule has 7 heteroatoms. The molecule has 1 aromatic heterocycles. The molecule has 3 rings (SSSR count). The van der Waals surface area contributed by atoms with Crippen LogP contribution in [0.4, 0.5) is 16.2 Å². The van der Waals surface area contributed by atoms with Gasteiger partial charge in [0.2, 0.25) is 0 Å². The summed E-state index contributed by atoms with van der Waals surface area (Å²) in [5.74, 6) is -0.195. The van der Waals surface area contributed by atoms with Crippen molar-refractivity contribution < 1.29 is 9.59 Å². The molecule has 28 heavy (non-hydrogen) atoms. The Kier molecular flexibility index (Phi) is 6.06. The first-order chi connectivity index (χ1) is 13.5. The highest BCUT2D eigenvalue weighted by molar-refractivity contribution is 6.05. The summed E-state index contributed by atoms with van der Waals surface area (Å²) in [5.41, 5.74) is 2.65. The average Bonchev–Trinajstić information content (AvgIpc) is 3.18. The Morgan fingerprint density at radius 2 is 1.75 bits per heavy atom. The monoisotopic (exact) mass is 377 g/mol. The predicted molar refractivity (Wildman–Crippen MR) is 109 cm³/mol. The van der Waals surface area contributed by atoms with Crippen molar-refractivity contribution >= 4 is 23.3 Å². The minimum atomic E-state index is -0.303. The molecule has 1 heterocycles. The van der Waals surface area contributed by atoms with Crippen LogP contribution in [0.5, 0.6) is 0 Å². The standard InChI is InChI=1S/C21H23N5O2/c1-15(13-26-12-11-22-14-26)23-21(28)25-19-10-6-9-18(16(19)2)24-20(27)17-7-4-3-5-8-17/h3-12,14-15H,13H2,1-2H3,(H,24,27)(H2,23,25,28)/t15-/m1/s1. The largest absolute Gasteiger partial charge is 0.335 e. The molecule has 0 fully saturated rings. The van der Waals surface area contributed by atoms with Crippen LogP contribution in [0.1, 0.15) is 22.8 Å². The lowest BCUT2D eigenvalue weighted by molar-refractivity contribution is 0.102. The summed E-state index contributed by atoms with van der Waals surface area (Å²) in [6, 6.07) is 14.0. The van der Waals surface area contributed by atoms with Crippen LogP contribution < -0.4 is 16.0 Å². The van der Waals surface area contributed by atoms with E-state index in [-0.39, 0.29) is 18.0 Å². The Balaban J connectivity index is 1.62. The van der Waals surface area contributed by atoms with Crippen molar-refractivity contribution in [2.24, 2.45) is 0 Å². The van der Waals surface area contributed by atoms with Crippen LogP contribution >= 0.6 is 0 Å². The SMILES string of the molecule is Cc1c(NC(=O)N[C@H](C)Cn2ccnc2)cccc1NC(=O)c1ccccc1. The van der Waals surface area contributed by atoms with Gasteiger partial charge in [-0.2, -0.15) is 0 Å². The number of imidazole rings is 1. The third-order valence-electron chi connectivity index (χ3n) is 4.29. The zero-order valence-electron chi connectivity index (χ0n) is 15.8. The fourth-order valence-corrected chi connectivity index (χ4v) is 2.83. The molecule has 0 saturated carbocycles. The highest BCUT2D eigenvalue weighted by Crippen LogP contribution is 2.24. The van der Waals surface area contributed by atoms with Gasteiger partial charge in [-0.05, 0) is 43.7 Å². The van der Waals surface area contributed by atoms with Crippen LogP contribution in [-0.4, -0.2) is 27.5 Å². The van der Waals surface area contributed by atoms with E-state index >= 15 is 0 Å². The summed E-state index contributed by atoms with van der Waals surface area (Å²) in [4.78, 5) is 28.7. The van der Waals surface area contributed by atoms with Gasteiger partial charge in [0.15, 0.2) is 0 Å². The van der Waals surface area contributed by atoms with Crippen LogP contribution in [-0.2, 0) is 6.54 Å². The second-order valence-corrected chi connectivity index (χ2v) is 6.56. The molecular weight excluding hydrogens is 354 g/mol. The smallest absolute Gasteiger partial charge is 0.319 e. The molecule has 1 atom stereocenters. The van der Waals surface area contributed by atoms with Crippen molar-refractivity contribution in [3.63, 3.8) is 0 Å². The van der Waals surface area contributed by atoms with Gasteiger partial charge < -0.3 is 20.5 Å². The molecule has 3 N–H and O–H groups in total. The van der Waals surface area contributed by atoms with Gasteiger partial charge >= 0.3 is 6.03 Å². The molecule has 0 aliphatic rings. The zero-order valence-corrected chi connectivity index (χ0v) is 15.8. The lowest BCUT2D eigenvalue weighted by Gasteiger charge is -2.17. The van der Waals surface area contributed by atoms with E-state index in [1.807, 2.05) is 42.8 Å². The molecule has 0 saturated heterocycles. The number of nitrogens with zero attached hydrogens (tertiary/aromatic N) is 2. The summed E-state index contributed by atoms with van der Waals surface area (Å²) < 4.78 is 1.90. The fraction of sp³-hybridized carbons (Fsp3) is 0.190. The van der Waals surface area contributed by atoms with E-state index in [4.69, 9.17) is 0 Å². The number of rotatable bonds is 6. The molecule has 7 nitrogen and oxygen atoms in total. The van der Waals surface area contributed by atoms with Crippen molar-refractivity contribution in [2.45, 2.75) is 26.4 Å². The molecule has 0 aliphatic carbocycles. The predicted octanol–water partition coefficient (Wildman–Crippen LogP) is 3.65. The fourth-order valence-electron chi connectivity index (χ4n) is 2.83. The van der Waals surface area contributed by atoms with E-state index in [1.54, 1.807) is 42.9 Å². The van der Waals surface area contributed by atoms with E-state index in [1.165, 1.54) is 0 Å². The third-order valence-corrected chi connectivity index (χ3v) is 4.29. The van der Waals surface area contributed by atoms with Gasteiger partial charge in [0.1, 0.15) is 0 Å². The van der Waals surface area contributed by atoms with Gasteiger partial charge in [-0.15, -0.1) is 0 Å². The van der Waals surface area contributed by atoms with Gasteiger partial charge in [-0.1, -0.05) is 24.3 Å². The van der Waals surface area contributed by atoms with Gasteiger partial charge in [0, 0.05) is 41.9 Å². The molecule has 0 radical (unpaired) electrons. The van der Waals surface area contributed by atoms with Crippen LogP contribution in [0.2, 0.25) is 0 Å². The van der Waals surface area contributed by atoms with Gasteiger partial charge in [0.25, 0.3) is 5.91 Å². The number of hydrogen-bond acceptors (Lipinski definition) is 3. The summed E-state index contributed by atoms with van der Waals surface area (Å²) in [6.45, 7) is 4.40. The van der Waals surface area contributed by atoms with Gasteiger partial charge in [0.05, 0.1) is 6.33 Å². The minimum absolute atomic E-state index is 0.0736. The highest BCUT2D eigenvalue weighted by atomic mass is 16.2. The summed E-state index contributed by atoms with van der Waals surface area (Å²) in [6.07, 6.45) is 5.25. The molecular formula is C21H23N5O2. The van der Waals surface area contributed by atoms with Crippen LogP contribution in [0.15, 0.2) is 67.3 Å². The summed E-state index contributed by atoms with van der Waals surface area (Å²) in [5, 5.41) is 8.63. The van der Waals surface area contributed by atoms with E-state index in [9.17, 15) is 9.59 Å². The lowest BCUT2D eigenvalue weighted by Crippen LogP contribution is -2.38. The maximum Gasteiger partial charge on any atom is 0.319 e. The number of amides is 3. The molecule has 0 bridgehead atoms. The second-order valence-electron chi connectivity index (χ2n) is 6.56. The van der Waals surface area contributed by atoms with Crippen LogP contribution in [0, 0.1) is 6.92 Å². The lowest BCUT2D eigenvalue weighted by atomic mass is 10.1. The van der Waals surface area contributed by atoms with E-state index in [2.05, 4.69) is 20.9 Å². The highest BCUT2D eigenvalue weighted by Gasteiger charge is 2.12. The minimum Gasteiger partial charge on any atom is -0.335 e. The van der Waals surface area contributed by atoms with Crippen molar-refractivity contribution in [1.82, 2.24) is 14.9 Å². The van der Waals surface area contributed by atoms with Crippen molar-refractivity contribution in [1.29, 1.82) is 0 Å². The van der Waals surface area contributed by atoms with Gasteiger partial charge in [-0.3, -0.25) is 4.79 Å². The van der Waals surface area contributed by atoms with Crippen molar-refractivity contribution in [3.05, 3.63) is 78.4 Å². The Hall–Kier alpha value is -3.61. The molecule has 3 amide bonds. The number of hydrogen-bond donors (Lipinski definition) is 3. The van der Waals surface area contributed by atoms with Gasteiger partial charge in [-0.25, -0.2) is 9.78 Å². The Morgan fingerprint density at radius 3 is 2.43 bits per heavy atom. The normalized spacial score (nSPS) is 11.5. The number of benzene rings is 2. The van der Waals surface area contributed by atoms with E-state index < -0.39 is 0 Å². The average molecular weight is 377 g/mol. The third kappa shape index (κ3) is 4.97. The van der Waals surface area contributed by atoms with E-state index in [0.717, 1.165) is 5.56 Å². The maximum absolute atomic E-state index is 12.4. The molecule has 2 aromatic carbocycles. The first kappa shape index (κ1) is 19.2. The Bertz CT molecular complexity index is 939.